The zero-order valence-electron chi connectivity index (χ0n) is 11.6. The van der Waals surface area contributed by atoms with Crippen LogP contribution in [-0.4, -0.2) is 22.3 Å². The minimum Gasteiger partial charge on any atom is -0.463 e. The number of nitrogens with one attached hydrogen (secondary N) is 2. The Morgan fingerprint density at radius 2 is 2.17 bits per heavy atom. The van der Waals surface area contributed by atoms with E-state index in [0.717, 1.165) is 0 Å². The maximum atomic E-state index is 12.0. The summed E-state index contributed by atoms with van der Waals surface area (Å²) in [6, 6.07) is 10.0. The van der Waals surface area contributed by atoms with Crippen molar-refractivity contribution in [1.29, 1.82) is 0 Å². The van der Waals surface area contributed by atoms with Crippen molar-refractivity contribution in [3.05, 3.63) is 64.0 Å². The maximum absolute atomic E-state index is 12.0. The van der Waals surface area contributed by atoms with Crippen molar-refractivity contribution in [2.24, 2.45) is 5.10 Å². The summed E-state index contributed by atoms with van der Waals surface area (Å²) < 4.78 is 5.22. The Labute approximate surface area is 141 Å². The first-order valence-corrected chi connectivity index (χ1v) is 7.27. The van der Waals surface area contributed by atoms with Gasteiger partial charge in [0.1, 0.15) is 5.69 Å². The summed E-state index contributed by atoms with van der Waals surface area (Å²) in [7, 11) is 0. The van der Waals surface area contributed by atoms with E-state index >= 15 is 0 Å². The molecule has 0 bridgehead atoms. The number of benzene rings is 1. The average molecular weight is 349 g/mol. The van der Waals surface area contributed by atoms with Crippen LogP contribution in [0.2, 0.25) is 10.0 Å². The third-order valence-electron chi connectivity index (χ3n) is 2.93. The van der Waals surface area contributed by atoms with E-state index in [1.165, 1.54) is 12.5 Å². The highest BCUT2D eigenvalue weighted by atomic mass is 35.5. The lowest BCUT2D eigenvalue weighted by Gasteiger charge is -1.98. The van der Waals surface area contributed by atoms with Crippen LogP contribution in [0.25, 0.3) is 11.5 Å². The van der Waals surface area contributed by atoms with Crippen molar-refractivity contribution in [1.82, 2.24) is 15.6 Å². The molecule has 2 N–H and O–H groups in total. The van der Waals surface area contributed by atoms with Gasteiger partial charge in [0.25, 0.3) is 5.91 Å². The fourth-order valence-electron chi connectivity index (χ4n) is 1.82. The molecule has 0 aliphatic heterocycles. The number of H-pyrrole nitrogens is 1. The minimum atomic E-state index is -0.458. The molecular weight excluding hydrogens is 339 g/mol. The monoisotopic (exact) mass is 348 g/mol. The molecule has 8 heteroatoms. The van der Waals surface area contributed by atoms with Crippen LogP contribution in [0.1, 0.15) is 16.1 Å². The molecule has 0 radical (unpaired) electrons. The number of carbonyl (C=O) groups excluding carboxylic acids is 1. The Bertz CT molecular complexity index is 856. The van der Waals surface area contributed by atoms with Gasteiger partial charge in [-0.2, -0.15) is 10.2 Å². The smallest absolute Gasteiger partial charge is 0.291 e. The summed E-state index contributed by atoms with van der Waals surface area (Å²) in [5.41, 5.74) is 3.80. The van der Waals surface area contributed by atoms with Gasteiger partial charge in [0.2, 0.25) is 0 Å². The topological polar surface area (TPSA) is 83.3 Å². The Morgan fingerprint density at radius 1 is 1.30 bits per heavy atom. The molecule has 0 unspecified atom stereocenters. The van der Waals surface area contributed by atoms with E-state index in [1.54, 1.807) is 36.4 Å². The van der Waals surface area contributed by atoms with Crippen LogP contribution in [0.3, 0.4) is 0 Å². The lowest BCUT2D eigenvalue weighted by atomic mass is 10.2. The molecular formula is C15H10Cl2N4O2. The maximum Gasteiger partial charge on any atom is 0.291 e. The van der Waals surface area contributed by atoms with E-state index < -0.39 is 5.91 Å². The van der Waals surface area contributed by atoms with Gasteiger partial charge in [-0.05, 0) is 24.3 Å². The summed E-state index contributed by atoms with van der Waals surface area (Å²) in [5, 5.41) is 11.5. The van der Waals surface area contributed by atoms with Gasteiger partial charge < -0.3 is 4.42 Å². The molecule has 2 aromatic heterocycles. The molecule has 3 aromatic rings. The number of hydrogen-bond acceptors (Lipinski definition) is 4. The number of aromatic nitrogens is 2. The Balaban J connectivity index is 1.66. The molecule has 1 aromatic carbocycles. The third kappa shape index (κ3) is 3.61. The van der Waals surface area contributed by atoms with Crippen LogP contribution >= 0.6 is 23.2 Å². The molecule has 0 spiro atoms. The van der Waals surface area contributed by atoms with Gasteiger partial charge in [0.15, 0.2) is 11.5 Å². The highest BCUT2D eigenvalue weighted by Crippen LogP contribution is 2.19. The molecule has 0 aliphatic rings. The van der Waals surface area contributed by atoms with E-state index in [0.29, 0.717) is 27.1 Å². The van der Waals surface area contributed by atoms with Crippen LogP contribution in [0.4, 0.5) is 0 Å². The third-order valence-corrected chi connectivity index (χ3v) is 3.49. The number of aromatic amines is 1. The predicted molar refractivity (Wildman–Crippen MR) is 87.8 cm³/mol. The van der Waals surface area contributed by atoms with Crippen molar-refractivity contribution >= 4 is 35.3 Å². The van der Waals surface area contributed by atoms with Crippen molar-refractivity contribution in [3.63, 3.8) is 0 Å². The number of furan rings is 1. The van der Waals surface area contributed by atoms with Crippen LogP contribution in [0, 0.1) is 0 Å². The van der Waals surface area contributed by atoms with Gasteiger partial charge in [-0.15, -0.1) is 0 Å². The molecule has 0 saturated carbocycles. The zero-order valence-corrected chi connectivity index (χ0v) is 13.1. The molecule has 0 atom stereocenters. The average Bonchev–Trinajstić information content (AvgIpc) is 3.20. The predicted octanol–water partition coefficient (Wildman–Crippen LogP) is 3.74. The van der Waals surface area contributed by atoms with Crippen LogP contribution in [0.15, 0.2) is 52.2 Å². The summed E-state index contributed by atoms with van der Waals surface area (Å²) in [6.45, 7) is 0. The largest absolute Gasteiger partial charge is 0.463 e. The Morgan fingerprint density at radius 3 is 2.91 bits per heavy atom. The molecule has 6 nitrogen and oxygen atoms in total. The second-order valence-corrected chi connectivity index (χ2v) is 5.35. The van der Waals surface area contributed by atoms with E-state index in [4.69, 9.17) is 27.6 Å². The minimum absolute atomic E-state index is 0.191. The fourth-order valence-corrected chi connectivity index (χ4v) is 2.28. The summed E-state index contributed by atoms with van der Waals surface area (Å²) >= 11 is 11.8. The van der Waals surface area contributed by atoms with E-state index in [-0.39, 0.29) is 5.69 Å². The highest BCUT2D eigenvalue weighted by molar-refractivity contribution is 6.36. The lowest BCUT2D eigenvalue weighted by molar-refractivity contribution is 0.0950. The Hall–Kier alpha value is -2.57. The number of nitrogens with zero attached hydrogens (tertiary/aromatic N) is 2. The normalized spacial score (nSPS) is 11.0. The second kappa shape index (κ2) is 6.68. The Kier molecular flexibility index (Phi) is 4.45. The zero-order chi connectivity index (χ0) is 16.2. The van der Waals surface area contributed by atoms with Gasteiger partial charge in [-0.1, -0.05) is 29.3 Å². The first kappa shape index (κ1) is 15.3. The fraction of sp³-hybridized carbons (Fsp3) is 0. The van der Waals surface area contributed by atoms with Gasteiger partial charge in [-0.25, -0.2) is 5.43 Å². The van der Waals surface area contributed by atoms with Crippen molar-refractivity contribution in [2.75, 3.05) is 0 Å². The molecule has 2 heterocycles. The van der Waals surface area contributed by atoms with E-state index in [1.807, 2.05) is 0 Å². The molecule has 1 amide bonds. The van der Waals surface area contributed by atoms with Crippen molar-refractivity contribution in [3.8, 4) is 11.5 Å². The molecule has 0 aliphatic carbocycles. The molecule has 3 rings (SSSR count). The molecule has 0 saturated heterocycles. The van der Waals surface area contributed by atoms with Gasteiger partial charge in [0.05, 0.1) is 17.5 Å². The first-order valence-electron chi connectivity index (χ1n) is 6.51. The number of rotatable bonds is 4. The standard InChI is InChI=1S/C15H10Cl2N4O2/c16-10-4-3-9(11(17)6-10)8-18-21-15(22)13-7-12(19-20-13)14-2-1-5-23-14/h1-8H,(H,19,20)(H,21,22)/b18-8-. The van der Waals surface area contributed by atoms with Gasteiger partial charge in [0, 0.05) is 16.7 Å². The number of amides is 1. The van der Waals surface area contributed by atoms with Crippen molar-refractivity contribution < 1.29 is 9.21 Å². The summed E-state index contributed by atoms with van der Waals surface area (Å²) in [6.07, 6.45) is 2.97. The van der Waals surface area contributed by atoms with Crippen LogP contribution < -0.4 is 5.43 Å². The van der Waals surface area contributed by atoms with E-state index in [9.17, 15) is 4.79 Å². The van der Waals surface area contributed by atoms with Gasteiger partial charge >= 0.3 is 0 Å². The molecule has 0 fully saturated rings. The lowest BCUT2D eigenvalue weighted by Crippen LogP contribution is -2.18. The van der Waals surface area contributed by atoms with E-state index in [2.05, 4.69) is 20.7 Å². The second-order valence-electron chi connectivity index (χ2n) is 4.51. The highest BCUT2D eigenvalue weighted by Gasteiger charge is 2.12. The number of halogens is 2. The molecule has 23 heavy (non-hydrogen) atoms. The van der Waals surface area contributed by atoms with Crippen LogP contribution in [0.5, 0.6) is 0 Å². The molecule has 116 valence electrons. The SMILES string of the molecule is O=C(N/N=C\c1ccc(Cl)cc1Cl)c1cc(-c2ccco2)[nH]n1. The first-order chi connectivity index (χ1) is 11.1. The summed E-state index contributed by atoms with van der Waals surface area (Å²) in [4.78, 5) is 12.0. The van der Waals surface area contributed by atoms with Crippen LogP contribution in [-0.2, 0) is 0 Å². The van der Waals surface area contributed by atoms with Crippen molar-refractivity contribution in [2.45, 2.75) is 0 Å². The number of carbonyl (C=O) groups is 1. The quantitative estimate of drug-likeness (QED) is 0.556. The van der Waals surface area contributed by atoms with Gasteiger partial charge in [-0.3, -0.25) is 9.89 Å². The summed E-state index contributed by atoms with van der Waals surface area (Å²) in [5.74, 6) is 0.133. The number of hydrogen-bond donors (Lipinski definition) is 2. The number of hydrazone groups is 1.